The predicted molar refractivity (Wildman–Crippen MR) is 79.5 cm³/mol. The Labute approximate surface area is 124 Å². The van der Waals surface area contributed by atoms with Gasteiger partial charge in [0.1, 0.15) is 0 Å². The minimum absolute atomic E-state index is 0.0673. The molecule has 6 nitrogen and oxygen atoms in total. The number of benzene rings is 1. The topological polar surface area (TPSA) is 78.9 Å². The summed E-state index contributed by atoms with van der Waals surface area (Å²) in [4.78, 5) is 25.2. The van der Waals surface area contributed by atoms with Gasteiger partial charge in [0.05, 0.1) is 19.2 Å². The van der Waals surface area contributed by atoms with E-state index in [9.17, 15) is 14.7 Å². The number of ether oxygens (including phenoxy) is 1. The van der Waals surface area contributed by atoms with Gasteiger partial charge in [0.15, 0.2) is 11.5 Å². The zero-order chi connectivity index (χ0) is 16.0. The summed E-state index contributed by atoms with van der Waals surface area (Å²) in [6.45, 7) is 4.47. The standard InChI is InChI=1S/C15H22N2O4/c1-10(2)8-16-13(18)9-17(3)15(20)11-6-5-7-12(21-4)14(11)19/h5-7,10,19H,8-9H2,1-4H3,(H,16,18). The molecule has 0 unspecified atom stereocenters. The zero-order valence-corrected chi connectivity index (χ0v) is 12.8. The summed E-state index contributed by atoms with van der Waals surface area (Å²) in [7, 11) is 2.92. The maximum atomic E-state index is 12.2. The number of likely N-dealkylation sites (N-methyl/N-ethyl adjacent to an activating group) is 1. The van der Waals surface area contributed by atoms with Gasteiger partial charge in [-0.2, -0.15) is 0 Å². The van der Waals surface area contributed by atoms with Crippen molar-refractivity contribution < 1.29 is 19.4 Å². The molecule has 0 aliphatic rings. The van der Waals surface area contributed by atoms with Crippen molar-refractivity contribution in [2.45, 2.75) is 13.8 Å². The highest BCUT2D eigenvalue weighted by Gasteiger charge is 2.20. The molecule has 1 aromatic carbocycles. The maximum absolute atomic E-state index is 12.2. The lowest BCUT2D eigenvalue weighted by Crippen LogP contribution is -2.39. The molecule has 116 valence electrons. The van der Waals surface area contributed by atoms with Gasteiger partial charge < -0.3 is 20.1 Å². The number of carbonyl (C=O) groups is 2. The number of nitrogens with zero attached hydrogens (tertiary/aromatic N) is 1. The number of phenolic OH excluding ortho intramolecular Hbond substituents is 1. The van der Waals surface area contributed by atoms with Crippen LogP contribution in [0.4, 0.5) is 0 Å². The van der Waals surface area contributed by atoms with E-state index in [0.717, 1.165) is 0 Å². The predicted octanol–water partition coefficient (Wildman–Crippen LogP) is 1.24. The summed E-state index contributed by atoms with van der Waals surface area (Å²) in [5, 5.41) is 12.7. The molecule has 0 fully saturated rings. The molecule has 0 aliphatic heterocycles. The van der Waals surface area contributed by atoms with Crippen LogP contribution in [0.15, 0.2) is 18.2 Å². The van der Waals surface area contributed by atoms with Crippen molar-refractivity contribution in [1.29, 1.82) is 0 Å². The van der Waals surface area contributed by atoms with Crippen LogP contribution in [0.25, 0.3) is 0 Å². The summed E-state index contributed by atoms with van der Waals surface area (Å²) < 4.78 is 4.96. The molecule has 2 amide bonds. The molecule has 0 saturated carbocycles. The third-order valence-corrected chi connectivity index (χ3v) is 2.88. The second kappa shape index (κ2) is 7.52. The molecule has 0 radical (unpaired) electrons. The van der Waals surface area contributed by atoms with Crippen molar-refractivity contribution in [3.05, 3.63) is 23.8 Å². The van der Waals surface area contributed by atoms with E-state index in [2.05, 4.69) is 5.32 Å². The van der Waals surface area contributed by atoms with Gasteiger partial charge in [-0.25, -0.2) is 0 Å². The van der Waals surface area contributed by atoms with Crippen molar-refractivity contribution in [3.8, 4) is 11.5 Å². The van der Waals surface area contributed by atoms with E-state index in [0.29, 0.717) is 12.5 Å². The van der Waals surface area contributed by atoms with E-state index in [1.165, 1.54) is 25.1 Å². The number of methoxy groups -OCH3 is 1. The van der Waals surface area contributed by atoms with Crippen LogP contribution in [0, 0.1) is 5.92 Å². The van der Waals surface area contributed by atoms with Gasteiger partial charge in [0.2, 0.25) is 5.91 Å². The molecule has 0 aromatic heterocycles. The molecule has 0 aliphatic carbocycles. The van der Waals surface area contributed by atoms with Crippen molar-refractivity contribution in [2.24, 2.45) is 5.92 Å². The van der Waals surface area contributed by atoms with Gasteiger partial charge in [0, 0.05) is 13.6 Å². The molecular formula is C15H22N2O4. The number of para-hydroxylation sites is 1. The summed E-state index contributed by atoms with van der Waals surface area (Å²) >= 11 is 0. The van der Waals surface area contributed by atoms with E-state index in [4.69, 9.17) is 4.74 Å². The number of hydrogen-bond donors (Lipinski definition) is 2. The largest absolute Gasteiger partial charge is 0.504 e. The van der Waals surface area contributed by atoms with E-state index in [1.807, 2.05) is 13.8 Å². The number of nitrogens with one attached hydrogen (secondary N) is 1. The van der Waals surface area contributed by atoms with Crippen LogP contribution < -0.4 is 10.1 Å². The first-order valence-corrected chi connectivity index (χ1v) is 6.75. The van der Waals surface area contributed by atoms with Crippen LogP contribution in [0.2, 0.25) is 0 Å². The lowest BCUT2D eigenvalue weighted by molar-refractivity contribution is -0.121. The van der Waals surface area contributed by atoms with Crippen molar-refractivity contribution in [3.63, 3.8) is 0 Å². The van der Waals surface area contributed by atoms with Crippen molar-refractivity contribution >= 4 is 11.8 Å². The molecule has 0 saturated heterocycles. The first-order chi connectivity index (χ1) is 9.86. The number of hydrogen-bond acceptors (Lipinski definition) is 4. The molecule has 2 N–H and O–H groups in total. The molecule has 0 spiro atoms. The fourth-order valence-electron chi connectivity index (χ4n) is 1.73. The number of amides is 2. The summed E-state index contributed by atoms with van der Waals surface area (Å²) in [5.74, 6) is -0.330. The minimum atomic E-state index is -0.439. The van der Waals surface area contributed by atoms with Gasteiger partial charge in [-0.1, -0.05) is 19.9 Å². The Kier molecular flexibility index (Phi) is 6.02. The van der Waals surface area contributed by atoms with Crippen molar-refractivity contribution in [1.82, 2.24) is 10.2 Å². The average molecular weight is 294 g/mol. The third kappa shape index (κ3) is 4.66. The molecule has 1 aromatic rings. The molecular weight excluding hydrogens is 272 g/mol. The minimum Gasteiger partial charge on any atom is -0.504 e. The number of aromatic hydroxyl groups is 1. The first-order valence-electron chi connectivity index (χ1n) is 6.75. The Bertz CT molecular complexity index is 514. The second-order valence-corrected chi connectivity index (χ2v) is 5.22. The Morgan fingerprint density at radius 3 is 2.62 bits per heavy atom. The summed E-state index contributed by atoms with van der Waals surface area (Å²) in [6, 6.07) is 4.66. The SMILES string of the molecule is COc1cccc(C(=O)N(C)CC(=O)NCC(C)C)c1O. The fraction of sp³-hybridized carbons (Fsp3) is 0.467. The van der Waals surface area contributed by atoms with Gasteiger partial charge in [0.25, 0.3) is 5.91 Å². The third-order valence-electron chi connectivity index (χ3n) is 2.88. The number of phenols is 1. The number of rotatable bonds is 6. The highest BCUT2D eigenvalue weighted by molar-refractivity contribution is 5.99. The van der Waals surface area contributed by atoms with Gasteiger partial charge in [-0.3, -0.25) is 9.59 Å². The molecule has 21 heavy (non-hydrogen) atoms. The monoisotopic (exact) mass is 294 g/mol. The molecule has 0 atom stereocenters. The van der Waals surface area contributed by atoms with Gasteiger partial charge in [-0.05, 0) is 18.1 Å². The average Bonchev–Trinajstić information content (AvgIpc) is 2.44. The molecule has 6 heteroatoms. The Balaban J connectivity index is 2.73. The Hall–Kier alpha value is -2.24. The van der Waals surface area contributed by atoms with Crippen LogP contribution in [-0.2, 0) is 4.79 Å². The van der Waals surface area contributed by atoms with Crippen LogP contribution in [0.5, 0.6) is 11.5 Å². The normalized spacial score (nSPS) is 10.3. The van der Waals surface area contributed by atoms with Gasteiger partial charge in [-0.15, -0.1) is 0 Å². The number of carbonyl (C=O) groups excluding carboxylic acids is 2. The Morgan fingerprint density at radius 2 is 2.05 bits per heavy atom. The fourth-order valence-corrected chi connectivity index (χ4v) is 1.73. The quantitative estimate of drug-likeness (QED) is 0.827. The van der Waals surface area contributed by atoms with Crippen molar-refractivity contribution in [2.75, 3.05) is 27.2 Å². The summed E-state index contributed by atoms with van der Waals surface area (Å²) in [5.41, 5.74) is 0.105. The summed E-state index contributed by atoms with van der Waals surface area (Å²) in [6.07, 6.45) is 0. The van der Waals surface area contributed by atoms with E-state index in [-0.39, 0.29) is 29.5 Å². The van der Waals surface area contributed by atoms with E-state index >= 15 is 0 Å². The first kappa shape index (κ1) is 16.8. The molecule has 0 heterocycles. The van der Waals surface area contributed by atoms with Crippen LogP contribution >= 0.6 is 0 Å². The second-order valence-electron chi connectivity index (χ2n) is 5.22. The van der Waals surface area contributed by atoms with E-state index < -0.39 is 5.91 Å². The van der Waals surface area contributed by atoms with Crippen LogP contribution in [0.1, 0.15) is 24.2 Å². The van der Waals surface area contributed by atoms with Crippen LogP contribution in [-0.4, -0.2) is 49.1 Å². The maximum Gasteiger partial charge on any atom is 0.257 e. The van der Waals surface area contributed by atoms with Crippen LogP contribution in [0.3, 0.4) is 0 Å². The smallest absolute Gasteiger partial charge is 0.257 e. The van der Waals surface area contributed by atoms with E-state index in [1.54, 1.807) is 12.1 Å². The van der Waals surface area contributed by atoms with Gasteiger partial charge >= 0.3 is 0 Å². The molecule has 0 bridgehead atoms. The lowest BCUT2D eigenvalue weighted by atomic mass is 10.1. The highest BCUT2D eigenvalue weighted by atomic mass is 16.5. The lowest BCUT2D eigenvalue weighted by Gasteiger charge is -2.18. The zero-order valence-electron chi connectivity index (χ0n) is 12.8. The molecule has 1 rings (SSSR count). The highest BCUT2D eigenvalue weighted by Crippen LogP contribution is 2.29. The Morgan fingerprint density at radius 1 is 1.38 bits per heavy atom.